The first kappa shape index (κ1) is 11.1. The Kier molecular flexibility index (Phi) is 2.92. The summed E-state index contributed by atoms with van der Waals surface area (Å²) in [6, 6.07) is 4.58. The Morgan fingerprint density at radius 1 is 1.50 bits per heavy atom. The average molecular weight is 260 g/mol. The van der Waals surface area contributed by atoms with Crippen LogP contribution in [0.5, 0.6) is 0 Å². The molecule has 0 bridgehead atoms. The highest BCUT2D eigenvalue weighted by Gasteiger charge is 2.20. The van der Waals surface area contributed by atoms with Gasteiger partial charge in [0.2, 0.25) is 0 Å². The second-order valence-electron chi connectivity index (χ2n) is 3.48. The lowest BCUT2D eigenvalue weighted by Gasteiger charge is -2.17. The van der Waals surface area contributed by atoms with Gasteiger partial charge in [-0.25, -0.2) is 0 Å². The highest BCUT2D eigenvalue weighted by molar-refractivity contribution is 9.10. The van der Waals surface area contributed by atoms with Gasteiger partial charge in [-0.15, -0.1) is 0 Å². The second-order valence-corrected chi connectivity index (χ2v) is 4.34. The molecule has 0 fully saturated rings. The zero-order valence-corrected chi connectivity index (χ0v) is 9.41. The van der Waals surface area contributed by atoms with Crippen molar-refractivity contribution in [2.45, 2.75) is 19.4 Å². The van der Waals surface area contributed by atoms with Gasteiger partial charge in [-0.3, -0.25) is 10.1 Å². The van der Waals surface area contributed by atoms with Crippen molar-refractivity contribution in [2.24, 2.45) is 0 Å². The van der Waals surface area contributed by atoms with E-state index in [-0.39, 0.29) is 5.69 Å². The number of nitro groups is 1. The Balaban J connectivity index is 3.27. The van der Waals surface area contributed by atoms with E-state index in [0.29, 0.717) is 10.0 Å². The molecule has 0 aliphatic heterocycles. The lowest BCUT2D eigenvalue weighted by Crippen LogP contribution is -2.15. The van der Waals surface area contributed by atoms with Gasteiger partial charge in [-0.05, 0) is 41.4 Å². The van der Waals surface area contributed by atoms with Crippen molar-refractivity contribution < 1.29 is 10.0 Å². The molecule has 0 spiro atoms. The zero-order valence-electron chi connectivity index (χ0n) is 7.82. The lowest BCUT2D eigenvalue weighted by molar-refractivity contribution is -0.385. The van der Waals surface area contributed by atoms with Crippen LogP contribution in [-0.4, -0.2) is 10.0 Å². The molecule has 0 aliphatic carbocycles. The summed E-state index contributed by atoms with van der Waals surface area (Å²) in [5.74, 6) is 0. The van der Waals surface area contributed by atoms with Crippen molar-refractivity contribution in [3.63, 3.8) is 0 Å². The van der Waals surface area contributed by atoms with Gasteiger partial charge in [0.25, 0.3) is 5.69 Å². The van der Waals surface area contributed by atoms with Gasteiger partial charge in [-0.2, -0.15) is 0 Å². The third-order valence-corrected chi connectivity index (χ3v) is 2.52. The standard InChI is InChI=1S/C9H10BrNO3/c1-9(2,12)6-3-4-7(10)8(5-6)11(13)14/h3-5,12H,1-2H3. The van der Waals surface area contributed by atoms with E-state index >= 15 is 0 Å². The first-order valence-electron chi connectivity index (χ1n) is 3.99. The summed E-state index contributed by atoms with van der Waals surface area (Å²) in [6.07, 6.45) is 0. The quantitative estimate of drug-likeness (QED) is 0.656. The van der Waals surface area contributed by atoms with Crippen LogP contribution in [0.15, 0.2) is 22.7 Å². The molecule has 0 radical (unpaired) electrons. The molecule has 1 N–H and O–H groups in total. The number of nitrogens with zero attached hydrogens (tertiary/aromatic N) is 1. The van der Waals surface area contributed by atoms with Gasteiger partial charge >= 0.3 is 0 Å². The number of nitro benzene ring substituents is 1. The van der Waals surface area contributed by atoms with Gasteiger partial charge in [-0.1, -0.05) is 6.07 Å². The van der Waals surface area contributed by atoms with Gasteiger partial charge in [0, 0.05) is 6.07 Å². The third kappa shape index (κ3) is 2.30. The summed E-state index contributed by atoms with van der Waals surface area (Å²) in [5.41, 5.74) is -0.581. The number of hydrogen-bond donors (Lipinski definition) is 1. The second kappa shape index (κ2) is 3.67. The molecule has 0 heterocycles. The molecule has 4 nitrogen and oxygen atoms in total. The zero-order chi connectivity index (χ0) is 10.9. The molecule has 0 unspecified atom stereocenters. The summed E-state index contributed by atoms with van der Waals surface area (Å²) in [5, 5.41) is 20.2. The maximum absolute atomic E-state index is 10.6. The predicted octanol–water partition coefficient (Wildman–Crippen LogP) is 2.58. The molecule has 76 valence electrons. The van der Waals surface area contributed by atoms with Gasteiger partial charge < -0.3 is 5.11 Å². The van der Waals surface area contributed by atoms with Gasteiger partial charge in [0.1, 0.15) is 0 Å². The number of benzene rings is 1. The summed E-state index contributed by atoms with van der Waals surface area (Å²) in [7, 11) is 0. The maximum atomic E-state index is 10.6. The summed E-state index contributed by atoms with van der Waals surface area (Å²) in [4.78, 5) is 10.1. The average Bonchev–Trinajstić information content (AvgIpc) is 2.02. The highest BCUT2D eigenvalue weighted by atomic mass is 79.9. The number of hydrogen-bond acceptors (Lipinski definition) is 3. The van der Waals surface area contributed by atoms with Crippen LogP contribution in [0, 0.1) is 10.1 Å². The van der Waals surface area contributed by atoms with Crippen molar-refractivity contribution in [1.29, 1.82) is 0 Å². The molecule has 0 aromatic heterocycles. The number of aliphatic hydroxyl groups is 1. The fourth-order valence-electron chi connectivity index (χ4n) is 1.03. The summed E-state index contributed by atoms with van der Waals surface area (Å²) in [6.45, 7) is 3.17. The molecule has 0 atom stereocenters. The van der Waals surface area contributed by atoms with Crippen LogP contribution < -0.4 is 0 Å². The minimum Gasteiger partial charge on any atom is -0.386 e. The van der Waals surface area contributed by atoms with Crippen molar-refractivity contribution in [3.8, 4) is 0 Å². The maximum Gasteiger partial charge on any atom is 0.283 e. The number of halogens is 1. The first-order chi connectivity index (χ1) is 6.32. The van der Waals surface area contributed by atoms with E-state index in [1.54, 1.807) is 26.0 Å². The lowest BCUT2D eigenvalue weighted by atomic mass is 9.98. The molecule has 1 rings (SSSR count). The van der Waals surface area contributed by atoms with Crippen molar-refractivity contribution >= 4 is 21.6 Å². The SMILES string of the molecule is CC(C)(O)c1ccc(Br)c([N+](=O)[O-])c1. The molecule has 1 aromatic carbocycles. The Morgan fingerprint density at radius 3 is 2.50 bits per heavy atom. The molecule has 5 heteroatoms. The molecule has 14 heavy (non-hydrogen) atoms. The van der Waals surface area contributed by atoms with E-state index < -0.39 is 10.5 Å². The van der Waals surface area contributed by atoms with E-state index in [9.17, 15) is 15.2 Å². The molecule has 0 amide bonds. The fourth-order valence-corrected chi connectivity index (χ4v) is 1.42. The largest absolute Gasteiger partial charge is 0.386 e. The number of rotatable bonds is 2. The minimum absolute atomic E-state index is 0.0374. The van der Waals surface area contributed by atoms with Crippen LogP contribution in [0.1, 0.15) is 19.4 Å². The van der Waals surface area contributed by atoms with Crippen molar-refractivity contribution in [2.75, 3.05) is 0 Å². The summed E-state index contributed by atoms with van der Waals surface area (Å²) >= 11 is 3.07. The van der Waals surface area contributed by atoms with Crippen LogP contribution in [0.4, 0.5) is 5.69 Å². The smallest absolute Gasteiger partial charge is 0.283 e. The third-order valence-electron chi connectivity index (χ3n) is 1.85. The molecule has 0 saturated carbocycles. The normalized spacial score (nSPS) is 11.4. The van der Waals surface area contributed by atoms with E-state index in [1.807, 2.05) is 0 Å². The molecular formula is C9H10BrNO3. The van der Waals surface area contributed by atoms with Crippen molar-refractivity contribution in [3.05, 3.63) is 38.3 Å². The van der Waals surface area contributed by atoms with Gasteiger partial charge in [0.05, 0.1) is 15.0 Å². The van der Waals surface area contributed by atoms with Crippen LogP contribution in [0.3, 0.4) is 0 Å². The topological polar surface area (TPSA) is 63.4 Å². The highest BCUT2D eigenvalue weighted by Crippen LogP contribution is 2.30. The van der Waals surface area contributed by atoms with Crippen molar-refractivity contribution in [1.82, 2.24) is 0 Å². The summed E-state index contributed by atoms with van der Waals surface area (Å²) < 4.78 is 0.413. The van der Waals surface area contributed by atoms with E-state index in [4.69, 9.17) is 0 Å². The Labute approximate surface area is 89.8 Å². The van der Waals surface area contributed by atoms with Gasteiger partial charge in [0.15, 0.2) is 0 Å². The van der Waals surface area contributed by atoms with E-state index in [0.717, 1.165) is 0 Å². The van der Waals surface area contributed by atoms with E-state index in [2.05, 4.69) is 15.9 Å². The monoisotopic (exact) mass is 259 g/mol. The van der Waals surface area contributed by atoms with Crippen LogP contribution in [0.25, 0.3) is 0 Å². The molecule has 0 aliphatic rings. The van der Waals surface area contributed by atoms with Crippen LogP contribution in [0.2, 0.25) is 0 Å². The Hall–Kier alpha value is -0.940. The Bertz CT molecular complexity index is 371. The fraction of sp³-hybridized carbons (Fsp3) is 0.333. The molecular weight excluding hydrogens is 250 g/mol. The molecule has 0 saturated heterocycles. The van der Waals surface area contributed by atoms with E-state index in [1.165, 1.54) is 6.07 Å². The van der Waals surface area contributed by atoms with Crippen LogP contribution >= 0.6 is 15.9 Å². The molecule has 1 aromatic rings. The first-order valence-corrected chi connectivity index (χ1v) is 4.78. The predicted molar refractivity (Wildman–Crippen MR) is 56.0 cm³/mol. The minimum atomic E-state index is -1.06. The Morgan fingerprint density at radius 2 is 2.07 bits per heavy atom. The van der Waals surface area contributed by atoms with Crippen LogP contribution in [-0.2, 0) is 5.60 Å².